The normalized spacial score (nSPS) is 13.2. The molecule has 3 rings (SSSR count). The van der Waals surface area contributed by atoms with Crippen LogP contribution in [0, 0.1) is 0 Å². The van der Waals surface area contributed by atoms with Crippen molar-refractivity contribution in [3.8, 4) is 17.2 Å². The number of nitrogens with zero attached hydrogens (tertiary/aromatic N) is 1. The fourth-order valence-corrected chi connectivity index (χ4v) is 4.50. The summed E-state index contributed by atoms with van der Waals surface area (Å²) in [4.78, 5) is 14.4. The minimum absolute atomic E-state index is 0.101. The van der Waals surface area contributed by atoms with Crippen LogP contribution in [0.1, 0.15) is 38.8 Å². The minimum atomic E-state index is -1.93. The van der Waals surface area contributed by atoms with E-state index in [0.29, 0.717) is 42.3 Å². The monoisotopic (exact) mass is 473 g/mol. The topological polar surface area (TPSA) is 77.5 Å². The van der Waals surface area contributed by atoms with E-state index in [1.165, 1.54) is 12.0 Å². The number of benzene rings is 2. The summed E-state index contributed by atoms with van der Waals surface area (Å²) in [5, 5.41) is 10.7. The van der Waals surface area contributed by atoms with E-state index in [4.69, 9.17) is 18.6 Å². The van der Waals surface area contributed by atoms with Crippen molar-refractivity contribution in [2.45, 2.75) is 58.7 Å². The van der Waals surface area contributed by atoms with E-state index in [2.05, 4.69) is 33.9 Å². The molecule has 0 saturated carbocycles. The summed E-state index contributed by atoms with van der Waals surface area (Å²) in [5.74, 6) is 1.31. The van der Waals surface area contributed by atoms with Gasteiger partial charge in [-0.05, 0) is 60.3 Å². The van der Waals surface area contributed by atoms with Gasteiger partial charge in [0.05, 0.1) is 18.5 Å². The molecule has 0 radical (unpaired) electrons. The Morgan fingerprint density at radius 2 is 1.82 bits per heavy atom. The maximum atomic E-state index is 12.9. The summed E-state index contributed by atoms with van der Waals surface area (Å²) >= 11 is 0. The van der Waals surface area contributed by atoms with Gasteiger partial charge in [0.2, 0.25) is 6.79 Å². The second-order valence-electron chi connectivity index (χ2n) is 9.66. The summed E-state index contributed by atoms with van der Waals surface area (Å²) in [6.45, 7) is 13.7. The number of hydrogen-bond acceptors (Lipinski definition) is 6. The van der Waals surface area contributed by atoms with Gasteiger partial charge >= 0.3 is 6.09 Å². The van der Waals surface area contributed by atoms with Crippen molar-refractivity contribution in [2.24, 2.45) is 0 Å². The van der Waals surface area contributed by atoms with Gasteiger partial charge in [-0.3, -0.25) is 0 Å². The molecule has 1 aliphatic heterocycles. The molecule has 1 amide bonds. The number of hydrogen-bond donors (Lipinski definition) is 1. The Morgan fingerprint density at radius 1 is 1.12 bits per heavy atom. The van der Waals surface area contributed by atoms with Crippen molar-refractivity contribution < 1.29 is 28.5 Å². The number of fused-ring (bicyclic) bond motifs is 1. The standard InChI is InChI=1S/C25H35NO6Si/c1-8-17-13-18(11-12-32-33(6,7)25(2,3)4)20(15-21(17)27)26(24(28)29-5)19-9-10-22-23(14-19)31-16-30-22/h9-10,13-15,27H,8,11-12,16H2,1-7H3. The molecule has 1 N–H and O–H groups in total. The Kier molecular flexibility index (Phi) is 7.28. The molecule has 7 nitrogen and oxygen atoms in total. The number of aromatic hydroxyl groups is 1. The number of carbonyl (C=O) groups is 1. The van der Waals surface area contributed by atoms with E-state index in [1.54, 1.807) is 24.3 Å². The van der Waals surface area contributed by atoms with E-state index < -0.39 is 14.4 Å². The van der Waals surface area contributed by atoms with E-state index in [0.717, 1.165) is 11.1 Å². The molecular weight excluding hydrogens is 438 g/mol. The molecule has 0 unspecified atom stereocenters. The fraction of sp³-hybridized carbons (Fsp3) is 0.480. The lowest BCUT2D eigenvalue weighted by Crippen LogP contribution is -2.41. The molecule has 0 bridgehead atoms. The second-order valence-corrected chi connectivity index (χ2v) is 14.5. The summed E-state index contributed by atoms with van der Waals surface area (Å²) in [7, 11) is -0.589. The van der Waals surface area contributed by atoms with Crippen molar-refractivity contribution in [3.63, 3.8) is 0 Å². The molecule has 8 heteroatoms. The van der Waals surface area contributed by atoms with Crippen LogP contribution in [0.4, 0.5) is 16.2 Å². The van der Waals surface area contributed by atoms with Gasteiger partial charge < -0.3 is 23.7 Å². The number of carbonyl (C=O) groups excluding carboxylic acids is 1. The van der Waals surface area contributed by atoms with Crippen LogP contribution in [-0.4, -0.2) is 40.0 Å². The summed E-state index contributed by atoms with van der Waals surface area (Å²) in [6.07, 6.45) is 0.696. The number of rotatable bonds is 7. The molecule has 0 spiro atoms. The van der Waals surface area contributed by atoms with Crippen molar-refractivity contribution in [1.29, 1.82) is 0 Å². The number of aryl methyl sites for hydroxylation is 1. The van der Waals surface area contributed by atoms with Gasteiger partial charge in [-0.25, -0.2) is 9.69 Å². The number of ether oxygens (including phenoxy) is 3. The van der Waals surface area contributed by atoms with Crippen LogP contribution in [0.5, 0.6) is 17.2 Å². The second kappa shape index (κ2) is 9.65. The van der Waals surface area contributed by atoms with Gasteiger partial charge in [0.1, 0.15) is 5.75 Å². The molecular formula is C25H35NO6Si. The lowest BCUT2D eigenvalue weighted by Gasteiger charge is -2.36. The van der Waals surface area contributed by atoms with Crippen LogP contribution < -0.4 is 14.4 Å². The van der Waals surface area contributed by atoms with Crippen molar-refractivity contribution >= 4 is 25.8 Å². The first-order valence-electron chi connectivity index (χ1n) is 11.2. The van der Waals surface area contributed by atoms with Gasteiger partial charge in [0.25, 0.3) is 0 Å². The van der Waals surface area contributed by atoms with E-state index in [1.807, 2.05) is 13.0 Å². The maximum Gasteiger partial charge on any atom is 0.418 e. The van der Waals surface area contributed by atoms with Crippen LogP contribution >= 0.6 is 0 Å². The highest BCUT2D eigenvalue weighted by molar-refractivity contribution is 6.74. The first-order valence-corrected chi connectivity index (χ1v) is 14.2. The van der Waals surface area contributed by atoms with Gasteiger partial charge in [0, 0.05) is 18.7 Å². The molecule has 1 aliphatic rings. The van der Waals surface area contributed by atoms with Crippen LogP contribution in [0.3, 0.4) is 0 Å². The Morgan fingerprint density at radius 3 is 2.45 bits per heavy atom. The molecule has 0 atom stereocenters. The van der Waals surface area contributed by atoms with E-state index in [9.17, 15) is 9.90 Å². The molecule has 33 heavy (non-hydrogen) atoms. The first kappa shape index (κ1) is 24.9. The molecule has 180 valence electrons. The molecule has 0 aromatic heterocycles. The molecule has 0 saturated heterocycles. The number of phenols is 1. The number of phenolic OH excluding ortho intramolecular Hbond substituents is 1. The summed E-state index contributed by atoms with van der Waals surface area (Å²) < 4.78 is 22.4. The fourth-order valence-electron chi connectivity index (χ4n) is 3.46. The predicted molar refractivity (Wildman–Crippen MR) is 131 cm³/mol. The number of amides is 1. The van der Waals surface area contributed by atoms with Crippen molar-refractivity contribution in [2.75, 3.05) is 25.4 Å². The average molecular weight is 474 g/mol. The number of anilines is 2. The van der Waals surface area contributed by atoms with Crippen molar-refractivity contribution in [1.82, 2.24) is 0 Å². The highest BCUT2D eigenvalue weighted by Crippen LogP contribution is 2.41. The van der Waals surface area contributed by atoms with Crippen LogP contribution in [0.2, 0.25) is 18.1 Å². The summed E-state index contributed by atoms with van der Waals surface area (Å²) in [6, 6.07) is 8.84. The minimum Gasteiger partial charge on any atom is -0.508 e. The van der Waals surface area contributed by atoms with Gasteiger partial charge in [-0.1, -0.05) is 27.7 Å². The Balaban J connectivity index is 2.01. The SMILES string of the molecule is CCc1cc(CCO[Si](C)(C)C(C)(C)C)c(N(C(=O)OC)c2ccc3c(c2)OCO3)cc1O. The van der Waals surface area contributed by atoms with Gasteiger partial charge in [-0.2, -0.15) is 0 Å². The number of methoxy groups -OCH3 is 1. The zero-order chi connectivity index (χ0) is 24.4. The zero-order valence-electron chi connectivity index (χ0n) is 20.7. The maximum absolute atomic E-state index is 12.9. The van der Waals surface area contributed by atoms with Crippen LogP contribution in [0.25, 0.3) is 0 Å². The van der Waals surface area contributed by atoms with Crippen molar-refractivity contribution in [3.05, 3.63) is 41.5 Å². The summed E-state index contributed by atoms with van der Waals surface area (Å²) in [5.41, 5.74) is 2.82. The van der Waals surface area contributed by atoms with Gasteiger partial charge in [-0.15, -0.1) is 0 Å². The molecule has 2 aromatic rings. The molecule has 2 aromatic carbocycles. The van der Waals surface area contributed by atoms with Crippen LogP contribution in [0.15, 0.2) is 30.3 Å². The third-order valence-electron chi connectivity index (χ3n) is 6.51. The highest BCUT2D eigenvalue weighted by atomic mass is 28.4. The Labute approximate surface area is 197 Å². The van der Waals surface area contributed by atoms with E-state index in [-0.39, 0.29) is 17.6 Å². The zero-order valence-corrected chi connectivity index (χ0v) is 21.7. The van der Waals surface area contributed by atoms with Crippen LogP contribution in [-0.2, 0) is 22.0 Å². The van der Waals surface area contributed by atoms with E-state index >= 15 is 0 Å². The predicted octanol–water partition coefficient (Wildman–Crippen LogP) is 6.15. The third kappa shape index (κ3) is 5.28. The quantitative estimate of drug-likeness (QED) is 0.486. The first-order chi connectivity index (χ1) is 15.5. The lowest BCUT2D eigenvalue weighted by molar-refractivity contribution is 0.174. The third-order valence-corrected chi connectivity index (χ3v) is 11.1. The Hall–Kier alpha value is -2.71. The molecule has 0 fully saturated rings. The van der Waals surface area contributed by atoms with Gasteiger partial charge in [0.15, 0.2) is 19.8 Å². The largest absolute Gasteiger partial charge is 0.508 e. The highest BCUT2D eigenvalue weighted by Gasteiger charge is 2.37. The lowest BCUT2D eigenvalue weighted by atomic mass is 10.0. The average Bonchev–Trinajstić information content (AvgIpc) is 3.22. The molecule has 0 aliphatic carbocycles. The Bertz CT molecular complexity index is 1010. The molecule has 1 heterocycles. The smallest absolute Gasteiger partial charge is 0.418 e.